The van der Waals surface area contributed by atoms with Crippen LogP contribution in [-0.4, -0.2) is 34.2 Å². The van der Waals surface area contributed by atoms with E-state index in [-0.39, 0.29) is 18.1 Å². The number of hydrogen-bond acceptors (Lipinski definition) is 4. The van der Waals surface area contributed by atoms with Gasteiger partial charge in [-0.1, -0.05) is 0 Å². The zero-order chi connectivity index (χ0) is 14.1. The summed E-state index contributed by atoms with van der Waals surface area (Å²) < 4.78 is 5.58. The van der Waals surface area contributed by atoms with Gasteiger partial charge in [0.05, 0.1) is 24.0 Å². The number of ether oxygens (including phenoxy) is 1. The Labute approximate surface area is 116 Å². The number of carbonyl (C=O) groups excluding carboxylic acids is 1. The highest BCUT2D eigenvalue weighted by molar-refractivity contribution is 5.86. The van der Waals surface area contributed by atoms with Gasteiger partial charge >= 0.3 is 5.97 Å². The van der Waals surface area contributed by atoms with E-state index in [1.165, 1.54) is 0 Å². The van der Waals surface area contributed by atoms with E-state index in [4.69, 9.17) is 4.74 Å². The summed E-state index contributed by atoms with van der Waals surface area (Å²) in [4.78, 5) is 27.5. The number of aliphatic carboxylic acids is 1. The van der Waals surface area contributed by atoms with Crippen molar-refractivity contribution in [1.82, 2.24) is 10.3 Å². The second-order valence-corrected chi connectivity index (χ2v) is 5.25. The first-order chi connectivity index (χ1) is 9.66. The Kier molecular flexibility index (Phi) is 3.40. The van der Waals surface area contributed by atoms with Crippen LogP contribution in [0.1, 0.15) is 18.4 Å². The van der Waals surface area contributed by atoms with E-state index in [1.54, 1.807) is 12.4 Å². The third kappa shape index (κ3) is 2.27. The van der Waals surface area contributed by atoms with Gasteiger partial charge in [0.1, 0.15) is 0 Å². The number of nitrogens with zero attached hydrogens (tertiary/aromatic N) is 1. The lowest BCUT2D eigenvalue weighted by Gasteiger charge is -2.23. The van der Waals surface area contributed by atoms with E-state index in [9.17, 15) is 14.7 Å². The van der Waals surface area contributed by atoms with Crippen molar-refractivity contribution in [2.24, 2.45) is 11.8 Å². The van der Waals surface area contributed by atoms with Crippen molar-refractivity contribution < 1.29 is 19.4 Å². The van der Waals surface area contributed by atoms with Crippen LogP contribution in [0, 0.1) is 11.8 Å². The fraction of sp³-hybridized carbons (Fsp3) is 0.500. The molecule has 0 unspecified atom stereocenters. The van der Waals surface area contributed by atoms with Crippen LogP contribution < -0.4 is 5.32 Å². The molecule has 0 radical (unpaired) electrons. The first-order valence-corrected chi connectivity index (χ1v) is 6.71. The number of carboxylic acid groups (broad SMARTS) is 1. The SMILES string of the molecule is O=C(NCc1ccncc1)[C@@H]1[C@H](C(=O)O)[C@@H]2CC[C@H]1O2. The van der Waals surface area contributed by atoms with Gasteiger partial charge in [0.25, 0.3) is 0 Å². The Morgan fingerprint density at radius 1 is 1.25 bits per heavy atom. The molecule has 106 valence electrons. The summed E-state index contributed by atoms with van der Waals surface area (Å²) in [6, 6.07) is 3.62. The van der Waals surface area contributed by atoms with Crippen molar-refractivity contribution in [3.63, 3.8) is 0 Å². The van der Waals surface area contributed by atoms with Gasteiger partial charge in [-0.05, 0) is 30.5 Å². The maximum absolute atomic E-state index is 12.3. The molecule has 2 N–H and O–H groups in total. The number of aromatic nitrogens is 1. The molecule has 1 aromatic heterocycles. The van der Waals surface area contributed by atoms with Crippen LogP contribution in [0.3, 0.4) is 0 Å². The minimum absolute atomic E-state index is 0.235. The van der Waals surface area contributed by atoms with Crippen LogP contribution in [0.2, 0.25) is 0 Å². The van der Waals surface area contributed by atoms with Crippen LogP contribution in [-0.2, 0) is 20.9 Å². The molecule has 0 aromatic carbocycles. The summed E-state index contributed by atoms with van der Waals surface area (Å²) in [6.45, 7) is 0.377. The van der Waals surface area contributed by atoms with Gasteiger partial charge in [-0.2, -0.15) is 0 Å². The summed E-state index contributed by atoms with van der Waals surface area (Å²) >= 11 is 0. The molecule has 6 nitrogen and oxygen atoms in total. The van der Waals surface area contributed by atoms with Gasteiger partial charge in [-0.3, -0.25) is 14.6 Å². The van der Waals surface area contributed by atoms with Crippen molar-refractivity contribution in [3.8, 4) is 0 Å². The minimum atomic E-state index is -0.943. The molecule has 6 heteroatoms. The topological polar surface area (TPSA) is 88.5 Å². The van der Waals surface area contributed by atoms with Crippen molar-refractivity contribution in [2.45, 2.75) is 31.6 Å². The molecule has 3 heterocycles. The van der Waals surface area contributed by atoms with E-state index in [1.807, 2.05) is 12.1 Å². The molecule has 1 aromatic rings. The smallest absolute Gasteiger partial charge is 0.310 e. The lowest BCUT2D eigenvalue weighted by atomic mass is 9.78. The largest absolute Gasteiger partial charge is 0.481 e. The molecule has 3 rings (SSSR count). The second kappa shape index (κ2) is 5.20. The Hall–Kier alpha value is -1.95. The molecule has 0 aliphatic carbocycles. The van der Waals surface area contributed by atoms with Gasteiger partial charge in [0, 0.05) is 18.9 Å². The molecule has 20 heavy (non-hydrogen) atoms. The highest BCUT2D eigenvalue weighted by Crippen LogP contribution is 2.43. The Bertz CT molecular complexity index is 519. The Morgan fingerprint density at radius 3 is 2.55 bits per heavy atom. The van der Waals surface area contributed by atoms with Crippen LogP contribution in [0.4, 0.5) is 0 Å². The van der Waals surface area contributed by atoms with E-state index in [0.29, 0.717) is 6.54 Å². The average Bonchev–Trinajstić information content (AvgIpc) is 3.06. The molecule has 0 saturated carbocycles. The number of amides is 1. The van der Waals surface area contributed by atoms with Crippen molar-refractivity contribution in [1.29, 1.82) is 0 Å². The molecule has 2 aliphatic heterocycles. The normalized spacial score (nSPS) is 31.2. The fourth-order valence-corrected chi connectivity index (χ4v) is 3.13. The Morgan fingerprint density at radius 2 is 1.90 bits per heavy atom. The maximum atomic E-state index is 12.3. The zero-order valence-electron chi connectivity index (χ0n) is 10.9. The second-order valence-electron chi connectivity index (χ2n) is 5.25. The first-order valence-electron chi connectivity index (χ1n) is 6.71. The van der Waals surface area contributed by atoms with Crippen LogP contribution in [0.5, 0.6) is 0 Å². The monoisotopic (exact) mass is 276 g/mol. The molecule has 0 spiro atoms. The predicted octanol–water partition coefficient (Wildman–Crippen LogP) is 0.576. The van der Waals surface area contributed by atoms with E-state index in [0.717, 1.165) is 18.4 Å². The van der Waals surface area contributed by atoms with Crippen LogP contribution >= 0.6 is 0 Å². The molecule has 2 bridgehead atoms. The summed E-state index contributed by atoms with van der Waals surface area (Å²) in [6.07, 6.45) is 4.25. The van der Waals surface area contributed by atoms with Gasteiger partial charge in [-0.15, -0.1) is 0 Å². The zero-order valence-corrected chi connectivity index (χ0v) is 10.9. The van der Waals surface area contributed by atoms with Crippen LogP contribution in [0.15, 0.2) is 24.5 Å². The number of carbonyl (C=O) groups is 2. The lowest BCUT2D eigenvalue weighted by molar-refractivity contribution is -0.147. The standard InChI is InChI=1S/C14H16N2O4/c17-13(16-7-8-3-5-15-6-4-8)11-9-1-2-10(20-9)12(11)14(18)19/h3-6,9-12H,1-2,7H2,(H,16,17)(H,18,19)/t9-,10+,11+,12-/m1/s1. The average molecular weight is 276 g/mol. The highest BCUT2D eigenvalue weighted by Gasteiger charge is 2.55. The summed E-state index contributed by atoms with van der Waals surface area (Å²) in [5.74, 6) is -2.47. The number of rotatable bonds is 4. The number of carboxylic acids is 1. The summed E-state index contributed by atoms with van der Waals surface area (Å²) in [7, 11) is 0. The third-order valence-electron chi connectivity index (χ3n) is 4.08. The van der Waals surface area contributed by atoms with Gasteiger partial charge in [0.15, 0.2) is 0 Å². The quantitative estimate of drug-likeness (QED) is 0.839. The van der Waals surface area contributed by atoms with E-state index in [2.05, 4.69) is 10.3 Å². The molecule has 4 atom stereocenters. The third-order valence-corrected chi connectivity index (χ3v) is 4.08. The molecular weight excluding hydrogens is 260 g/mol. The summed E-state index contributed by atoms with van der Waals surface area (Å²) in [5.41, 5.74) is 0.935. The summed E-state index contributed by atoms with van der Waals surface area (Å²) in [5, 5.41) is 12.1. The minimum Gasteiger partial charge on any atom is -0.481 e. The van der Waals surface area contributed by atoms with Crippen molar-refractivity contribution in [2.75, 3.05) is 0 Å². The fourth-order valence-electron chi connectivity index (χ4n) is 3.13. The molecule has 2 saturated heterocycles. The van der Waals surface area contributed by atoms with Crippen LogP contribution in [0.25, 0.3) is 0 Å². The Balaban J connectivity index is 1.66. The van der Waals surface area contributed by atoms with Crippen molar-refractivity contribution in [3.05, 3.63) is 30.1 Å². The number of fused-ring (bicyclic) bond motifs is 2. The lowest BCUT2D eigenvalue weighted by Crippen LogP contribution is -2.43. The van der Waals surface area contributed by atoms with Gasteiger partial charge in [-0.25, -0.2) is 0 Å². The number of hydrogen-bond donors (Lipinski definition) is 2. The number of nitrogens with one attached hydrogen (secondary N) is 1. The molecule has 2 aliphatic rings. The molecule has 1 amide bonds. The first kappa shape index (κ1) is 13.1. The molecule has 2 fully saturated rings. The maximum Gasteiger partial charge on any atom is 0.310 e. The van der Waals surface area contributed by atoms with Gasteiger partial charge < -0.3 is 15.2 Å². The number of pyridine rings is 1. The van der Waals surface area contributed by atoms with Crippen molar-refractivity contribution >= 4 is 11.9 Å². The molecular formula is C14H16N2O4. The van der Waals surface area contributed by atoms with E-state index >= 15 is 0 Å². The highest BCUT2D eigenvalue weighted by atomic mass is 16.5. The van der Waals surface area contributed by atoms with Gasteiger partial charge in [0.2, 0.25) is 5.91 Å². The predicted molar refractivity (Wildman–Crippen MR) is 68.6 cm³/mol. The van der Waals surface area contributed by atoms with E-state index < -0.39 is 17.8 Å².